The van der Waals surface area contributed by atoms with Gasteiger partial charge in [-0.25, -0.2) is 4.99 Å². The van der Waals surface area contributed by atoms with Crippen LogP contribution in [0.25, 0.3) is 0 Å². The number of rotatable bonds is 5. The summed E-state index contributed by atoms with van der Waals surface area (Å²) in [6.07, 6.45) is 2.84. The Morgan fingerprint density at radius 2 is 2.05 bits per heavy atom. The van der Waals surface area contributed by atoms with E-state index in [1.807, 2.05) is 18.2 Å². The Labute approximate surface area is 142 Å². The summed E-state index contributed by atoms with van der Waals surface area (Å²) in [5, 5.41) is 9.79. The summed E-state index contributed by atoms with van der Waals surface area (Å²) in [6.45, 7) is 4.91. The van der Waals surface area contributed by atoms with E-state index in [-0.39, 0.29) is 24.0 Å². The summed E-state index contributed by atoms with van der Waals surface area (Å²) in [6, 6.07) is 10.2. The number of benzene rings is 1. The molecule has 21 heavy (non-hydrogen) atoms. The fourth-order valence-corrected chi connectivity index (χ4v) is 1.86. The molecule has 4 N–H and O–H groups in total. The Bertz CT molecular complexity index is 548. The maximum Gasteiger partial charge on any atom is 0.193 e. The second-order valence-corrected chi connectivity index (χ2v) is 4.84. The molecule has 0 spiro atoms. The van der Waals surface area contributed by atoms with Crippen LogP contribution in [-0.2, 0) is 6.54 Å². The number of hydrogen-bond donors (Lipinski definition) is 3. The molecule has 0 fully saturated rings. The van der Waals surface area contributed by atoms with Gasteiger partial charge in [0, 0.05) is 11.9 Å². The number of aromatic amines is 1. The molecule has 1 heterocycles. The van der Waals surface area contributed by atoms with Crippen LogP contribution in [0.1, 0.15) is 37.4 Å². The van der Waals surface area contributed by atoms with Gasteiger partial charge in [0.15, 0.2) is 5.96 Å². The second-order valence-electron chi connectivity index (χ2n) is 4.84. The topological polar surface area (TPSA) is 79.1 Å². The van der Waals surface area contributed by atoms with Crippen molar-refractivity contribution in [3.8, 4) is 0 Å². The SMILES string of the molecule is CCC(C)c1ccc(NC(N)=NCc2ccn[nH]2)cc1.I. The van der Waals surface area contributed by atoms with E-state index in [0.717, 1.165) is 17.8 Å². The third-order valence-corrected chi connectivity index (χ3v) is 3.34. The van der Waals surface area contributed by atoms with Crippen molar-refractivity contribution >= 4 is 35.6 Å². The monoisotopic (exact) mass is 399 g/mol. The smallest absolute Gasteiger partial charge is 0.193 e. The van der Waals surface area contributed by atoms with Crippen LogP contribution < -0.4 is 11.1 Å². The minimum Gasteiger partial charge on any atom is -0.370 e. The van der Waals surface area contributed by atoms with Crippen molar-refractivity contribution in [2.24, 2.45) is 10.7 Å². The predicted octanol–water partition coefficient (Wildman–Crippen LogP) is 3.47. The zero-order valence-electron chi connectivity index (χ0n) is 12.3. The number of aromatic nitrogens is 2. The molecule has 0 aliphatic rings. The van der Waals surface area contributed by atoms with Gasteiger partial charge in [0.1, 0.15) is 0 Å². The summed E-state index contributed by atoms with van der Waals surface area (Å²) in [4.78, 5) is 4.25. The number of anilines is 1. The lowest BCUT2D eigenvalue weighted by Crippen LogP contribution is -2.22. The van der Waals surface area contributed by atoms with Crippen LogP contribution in [-0.4, -0.2) is 16.2 Å². The number of nitrogens with one attached hydrogen (secondary N) is 2. The van der Waals surface area contributed by atoms with Crippen LogP contribution in [0.15, 0.2) is 41.5 Å². The lowest BCUT2D eigenvalue weighted by Gasteiger charge is -2.10. The summed E-state index contributed by atoms with van der Waals surface area (Å²) in [7, 11) is 0. The van der Waals surface area contributed by atoms with Crippen molar-refractivity contribution in [3.63, 3.8) is 0 Å². The molecule has 114 valence electrons. The predicted molar refractivity (Wildman–Crippen MR) is 98.1 cm³/mol. The van der Waals surface area contributed by atoms with E-state index in [1.165, 1.54) is 5.56 Å². The van der Waals surface area contributed by atoms with Gasteiger partial charge in [0.2, 0.25) is 0 Å². The first-order valence-electron chi connectivity index (χ1n) is 6.84. The zero-order chi connectivity index (χ0) is 14.4. The van der Waals surface area contributed by atoms with E-state index in [9.17, 15) is 0 Å². The number of aliphatic imine (C=N–C) groups is 1. The maximum atomic E-state index is 5.85. The van der Waals surface area contributed by atoms with Crippen LogP contribution in [0.4, 0.5) is 5.69 Å². The highest BCUT2D eigenvalue weighted by Gasteiger charge is 2.02. The summed E-state index contributed by atoms with van der Waals surface area (Å²) < 4.78 is 0. The maximum absolute atomic E-state index is 5.85. The Morgan fingerprint density at radius 3 is 2.62 bits per heavy atom. The first-order chi connectivity index (χ1) is 9.69. The first kappa shape index (κ1) is 17.5. The highest BCUT2D eigenvalue weighted by molar-refractivity contribution is 14.0. The van der Waals surface area contributed by atoms with Crippen molar-refractivity contribution in [1.82, 2.24) is 10.2 Å². The summed E-state index contributed by atoms with van der Waals surface area (Å²) in [5.74, 6) is 0.978. The Balaban J connectivity index is 0.00000220. The number of nitrogens with zero attached hydrogens (tertiary/aromatic N) is 2. The van der Waals surface area contributed by atoms with Gasteiger partial charge in [-0.05, 0) is 36.1 Å². The summed E-state index contributed by atoms with van der Waals surface area (Å²) >= 11 is 0. The molecular formula is C15H22IN5. The van der Waals surface area contributed by atoms with Crippen LogP contribution in [0, 0.1) is 0 Å². The fraction of sp³-hybridized carbons (Fsp3) is 0.333. The second kappa shape index (κ2) is 8.66. The molecule has 0 radical (unpaired) electrons. The minimum atomic E-state index is 0. The molecule has 5 nitrogen and oxygen atoms in total. The lowest BCUT2D eigenvalue weighted by molar-refractivity contribution is 0.734. The highest BCUT2D eigenvalue weighted by Crippen LogP contribution is 2.20. The van der Waals surface area contributed by atoms with E-state index >= 15 is 0 Å². The lowest BCUT2D eigenvalue weighted by atomic mass is 9.99. The number of halogens is 1. The molecular weight excluding hydrogens is 377 g/mol. The Hall–Kier alpha value is -1.57. The van der Waals surface area contributed by atoms with E-state index < -0.39 is 0 Å². The Morgan fingerprint density at radius 1 is 1.33 bits per heavy atom. The molecule has 1 aromatic heterocycles. The molecule has 6 heteroatoms. The van der Waals surface area contributed by atoms with Gasteiger partial charge in [0.05, 0.1) is 12.2 Å². The summed E-state index contributed by atoms with van der Waals surface area (Å²) in [5.41, 5.74) is 9.07. The van der Waals surface area contributed by atoms with Crippen molar-refractivity contribution < 1.29 is 0 Å². The molecule has 2 rings (SSSR count). The molecule has 1 unspecified atom stereocenters. The molecule has 0 aliphatic carbocycles. The average Bonchev–Trinajstić information content (AvgIpc) is 2.98. The van der Waals surface area contributed by atoms with Crippen molar-refractivity contribution in [1.29, 1.82) is 0 Å². The molecule has 2 aromatic rings. The molecule has 0 amide bonds. The average molecular weight is 399 g/mol. The van der Waals surface area contributed by atoms with Gasteiger partial charge >= 0.3 is 0 Å². The molecule has 0 saturated heterocycles. The van der Waals surface area contributed by atoms with E-state index in [2.05, 4.69) is 46.5 Å². The standard InChI is InChI=1S/C15H21N5.HI/c1-3-11(2)12-4-6-13(7-5-12)19-15(16)17-10-14-8-9-18-20-14;/h4-9,11H,3,10H2,1-2H3,(H,18,20)(H3,16,17,19);1H. The molecule has 0 bridgehead atoms. The van der Waals surface area contributed by atoms with Gasteiger partial charge in [-0.1, -0.05) is 26.0 Å². The van der Waals surface area contributed by atoms with Gasteiger partial charge in [0.25, 0.3) is 0 Å². The molecule has 0 aliphatic heterocycles. The zero-order valence-corrected chi connectivity index (χ0v) is 14.7. The Kier molecular flexibility index (Phi) is 7.21. The van der Waals surface area contributed by atoms with Crippen molar-refractivity contribution in [2.45, 2.75) is 32.7 Å². The van der Waals surface area contributed by atoms with Crippen LogP contribution in [0.3, 0.4) is 0 Å². The van der Waals surface area contributed by atoms with Crippen molar-refractivity contribution in [2.75, 3.05) is 5.32 Å². The number of H-pyrrole nitrogens is 1. The number of guanidine groups is 1. The normalized spacial score (nSPS) is 12.6. The van der Waals surface area contributed by atoms with Crippen LogP contribution in [0.5, 0.6) is 0 Å². The fourth-order valence-electron chi connectivity index (χ4n) is 1.86. The molecule has 1 aromatic carbocycles. The highest BCUT2D eigenvalue weighted by atomic mass is 127. The number of hydrogen-bond acceptors (Lipinski definition) is 2. The minimum absolute atomic E-state index is 0. The third-order valence-electron chi connectivity index (χ3n) is 3.34. The third kappa shape index (κ3) is 5.37. The van der Waals surface area contributed by atoms with Gasteiger partial charge < -0.3 is 11.1 Å². The van der Waals surface area contributed by atoms with E-state index in [4.69, 9.17) is 5.73 Å². The molecule has 1 atom stereocenters. The van der Waals surface area contributed by atoms with E-state index in [0.29, 0.717) is 18.4 Å². The van der Waals surface area contributed by atoms with Gasteiger partial charge in [-0.3, -0.25) is 5.10 Å². The molecule has 0 saturated carbocycles. The van der Waals surface area contributed by atoms with Crippen LogP contribution in [0.2, 0.25) is 0 Å². The first-order valence-corrected chi connectivity index (χ1v) is 6.84. The number of nitrogens with two attached hydrogens (primary N) is 1. The van der Waals surface area contributed by atoms with Crippen molar-refractivity contribution in [3.05, 3.63) is 47.8 Å². The van der Waals surface area contributed by atoms with Gasteiger partial charge in [-0.15, -0.1) is 24.0 Å². The van der Waals surface area contributed by atoms with Crippen LogP contribution >= 0.6 is 24.0 Å². The van der Waals surface area contributed by atoms with E-state index in [1.54, 1.807) is 6.20 Å². The quantitative estimate of drug-likeness (QED) is 0.409. The largest absolute Gasteiger partial charge is 0.370 e. The van der Waals surface area contributed by atoms with Gasteiger partial charge in [-0.2, -0.15) is 5.10 Å².